The second kappa shape index (κ2) is 10.3. The Hall–Kier alpha value is -1.51. The molecule has 1 amide bonds. The molecule has 3 rings (SSSR count). The van der Waals surface area contributed by atoms with E-state index in [9.17, 15) is 15.0 Å². The first-order chi connectivity index (χ1) is 13.6. The molecule has 2 aliphatic rings. The van der Waals surface area contributed by atoms with E-state index in [4.69, 9.17) is 4.74 Å². The van der Waals surface area contributed by atoms with Gasteiger partial charge in [0, 0.05) is 52.2 Å². The first-order valence-corrected chi connectivity index (χ1v) is 10.3. The highest BCUT2D eigenvalue weighted by Crippen LogP contribution is 2.23. The highest BCUT2D eigenvalue weighted by Gasteiger charge is 2.41. The zero-order valence-corrected chi connectivity index (χ0v) is 16.6. The van der Waals surface area contributed by atoms with Crippen molar-refractivity contribution < 1.29 is 19.7 Å². The standard InChI is InChI=1S/C21H33N3O4/c25-19-16-24(20(26)7-6-18-4-2-1-3-5-18)10-8-21(19,27)17-22-9-11-23-12-14-28-15-13-23/h1-5,19,22,25,27H,6-17H2/t19-,21-/m0/s1. The van der Waals surface area contributed by atoms with Gasteiger partial charge >= 0.3 is 0 Å². The van der Waals surface area contributed by atoms with Crippen molar-refractivity contribution in [3.8, 4) is 0 Å². The Morgan fingerprint density at radius 1 is 1.21 bits per heavy atom. The van der Waals surface area contributed by atoms with Crippen LogP contribution in [0.15, 0.2) is 30.3 Å². The van der Waals surface area contributed by atoms with E-state index < -0.39 is 11.7 Å². The molecule has 1 aromatic rings. The minimum atomic E-state index is -1.18. The van der Waals surface area contributed by atoms with Gasteiger partial charge in [-0.3, -0.25) is 9.69 Å². The van der Waals surface area contributed by atoms with Gasteiger partial charge in [0.1, 0.15) is 11.7 Å². The van der Waals surface area contributed by atoms with Crippen LogP contribution in [0.5, 0.6) is 0 Å². The Labute approximate surface area is 167 Å². The molecule has 2 aliphatic heterocycles. The number of benzene rings is 1. The number of hydrogen-bond donors (Lipinski definition) is 3. The van der Waals surface area contributed by atoms with Crippen molar-refractivity contribution in [1.29, 1.82) is 0 Å². The number of β-amino-alcohol motifs (C(OH)–C–C–N with tert-alkyl or cyclic N) is 1. The molecular formula is C21H33N3O4. The number of ether oxygens (including phenoxy) is 1. The van der Waals surface area contributed by atoms with Gasteiger partial charge < -0.3 is 25.2 Å². The van der Waals surface area contributed by atoms with Gasteiger partial charge in [-0.25, -0.2) is 0 Å². The second-order valence-electron chi connectivity index (χ2n) is 7.83. The summed E-state index contributed by atoms with van der Waals surface area (Å²) in [4.78, 5) is 16.5. The van der Waals surface area contributed by atoms with Crippen molar-refractivity contribution in [2.45, 2.75) is 31.0 Å². The van der Waals surface area contributed by atoms with E-state index in [1.807, 2.05) is 30.3 Å². The molecule has 0 unspecified atom stereocenters. The van der Waals surface area contributed by atoms with E-state index in [0.717, 1.165) is 45.0 Å². The molecule has 0 radical (unpaired) electrons. The van der Waals surface area contributed by atoms with E-state index in [2.05, 4.69) is 10.2 Å². The van der Waals surface area contributed by atoms with Gasteiger partial charge in [0.05, 0.1) is 13.2 Å². The smallest absolute Gasteiger partial charge is 0.222 e. The Morgan fingerprint density at radius 2 is 1.96 bits per heavy atom. The van der Waals surface area contributed by atoms with E-state index in [1.54, 1.807) is 4.90 Å². The van der Waals surface area contributed by atoms with Gasteiger partial charge in [0.2, 0.25) is 5.91 Å². The quantitative estimate of drug-likeness (QED) is 0.535. The molecule has 0 bridgehead atoms. The molecule has 1 aromatic carbocycles. The van der Waals surface area contributed by atoms with Gasteiger partial charge in [-0.2, -0.15) is 0 Å². The number of amides is 1. The summed E-state index contributed by atoms with van der Waals surface area (Å²) >= 11 is 0. The minimum absolute atomic E-state index is 0.0326. The summed E-state index contributed by atoms with van der Waals surface area (Å²) in [6.45, 7) is 6.09. The molecule has 2 heterocycles. The van der Waals surface area contributed by atoms with Gasteiger partial charge in [-0.15, -0.1) is 0 Å². The van der Waals surface area contributed by atoms with Crippen molar-refractivity contribution in [2.24, 2.45) is 0 Å². The van der Waals surface area contributed by atoms with Crippen molar-refractivity contribution in [2.75, 3.05) is 59.0 Å². The number of aliphatic hydroxyl groups excluding tert-OH is 1. The van der Waals surface area contributed by atoms with Gasteiger partial charge in [-0.1, -0.05) is 30.3 Å². The van der Waals surface area contributed by atoms with Gasteiger partial charge in [0.25, 0.3) is 0 Å². The number of aryl methyl sites for hydroxylation is 1. The maximum Gasteiger partial charge on any atom is 0.222 e. The Kier molecular flexibility index (Phi) is 7.82. The third-order valence-electron chi connectivity index (χ3n) is 5.79. The molecule has 0 spiro atoms. The van der Waals surface area contributed by atoms with E-state index in [1.165, 1.54) is 0 Å². The molecular weight excluding hydrogens is 358 g/mol. The minimum Gasteiger partial charge on any atom is -0.388 e. The molecule has 0 saturated carbocycles. The van der Waals surface area contributed by atoms with Crippen LogP contribution in [0.4, 0.5) is 0 Å². The number of likely N-dealkylation sites (tertiary alicyclic amines) is 1. The third kappa shape index (κ3) is 5.99. The normalized spacial score (nSPS) is 26.4. The number of morpholine rings is 1. The zero-order chi connectivity index (χ0) is 19.8. The first kappa shape index (κ1) is 21.2. The molecule has 0 aromatic heterocycles. The summed E-state index contributed by atoms with van der Waals surface area (Å²) in [6.07, 6.45) is 0.570. The molecule has 0 aliphatic carbocycles. The van der Waals surface area contributed by atoms with Crippen LogP contribution in [0.3, 0.4) is 0 Å². The molecule has 7 heteroatoms. The Balaban J connectivity index is 1.37. The van der Waals surface area contributed by atoms with E-state index in [-0.39, 0.29) is 12.5 Å². The Morgan fingerprint density at radius 3 is 2.68 bits per heavy atom. The highest BCUT2D eigenvalue weighted by molar-refractivity contribution is 5.76. The number of hydrogen-bond acceptors (Lipinski definition) is 6. The number of carbonyl (C=O) groups is 1. The predicted molar refractivity (Wildman–Crippen MR) is 107 cm³/mol. The molecule has 28 heavy (non-hydrogen) atoms. The SMILES string of the molecule is O=C(CCc1ccccc1)N1CC[C@](O)(CNCCN2CCOCC2)[C@@H](O)C1. The van der Waals surface area contributed by atoms with Gasteiger partial charge in [-0.05, 0) is 18.4 Å². The van der Waals surface area contributed by atoms with Crippen molar-refractivity contribution in [3.05, 3.63) is 35.9 Å². The van der Waals surface area contributed by atoms with Crippen LogP contribution in [0.1, 0.15) is 18.4 Å². The molecule has 2 atom stereocenters. The molecule has 2 saturated heterocycles. The molecule has 2 fully saturated rings. The molecule has 3 N–H and O–H groups in total. The second-order valence-corrected chi connectivity index (χ2v) is 7.83. The van der Waals surface area contributed by atoms with Crippen LogP contribution in [0.2, 0.25) is 0 Å². The average molecular weight is 392 g/mol. The van der Waals surface area contributed by atoms with Crippen molar-refractivity contribution in [3.63, 3.8) is 0 Å². The topological polar surface area (TPSA) is 85.3 Å². The van der Waals surface area contributed by atoms with Crippen LogP contribution in [-0.4, -0.2) is 96.7 Å². The lowest BCUT2D eigenvalue weighted by Gasteiger charge is -2.42. The Bertz CT molecular complexity index is 609. The van der Waals surface area contributed by atoms with Crippen LogP contribution in [0, 0.1) is 0 Å². The number of piperidine rings is 1. The zero-order valence-electron chi connectivity index (χ0n) is 16.6. The first-order valence-electron chi connectivity index (χ1n) is 10.3. The number of nitrogens with one attached hydrogen (secondary N) is 1. The number of nitrogens with zero attached hydrogens (tertiary/aromatic N) is 2. The van der Waals surface area contributed by atoms with E-state index in [0.29, 0.717) is 32.4 Å². The summed E-state index contributed by atoms with van der Waals surface area (Å²) in [5.41, 5.74) is -0.0457. The van der Waals surface area contributed by atoms with Crippen molar-refractivity contribution in [1.82, 2.24) is 15.1 Å². The van der Waals surface area contributed by atoms with Gasteiger partial charge in [0.15, 0.2) is 0 Å². The fraction of sp³-hybridized carbons (Fsp3) is 0.667. The number of rotatable bonds is 8. The maximum absolute atomic E-state index is 12.5. The maximum atomic E-state index is 12.5. The monoisotopic (exact) mass is 391 g/mol. The largest absolute Gasteiger partial charge is 0.388 e. The fourth-order valence-electron chi connectivity index (χ4n) is 3.82. The summed E-state index contributed by atoms with van der Waals surface area (Å²) < 4.78 is 5.34. The van der Waals surface area contributed by atoms with E-state index >= 15 is 0 Å². The van der Waals surface area contributed by atoms with Crippen LogP contribution >= 0.6 is 0 Å². The highest BCUT2D eigenvalue weighted by atomic mass is 16.5. The van der Waals surface area contributed by atoms with Crippen LogP contribution in [0.25, 0.3) is 0 Å². The molecule has 156 valence electrons. The fourth-order valence-corrected chi connectivity index (χ4v) is 3.82. The van der Waals surface area contributed by atoms with Crippen LogP contribution < -0.4 is 5.32 Å². The summed E-state index contributed by atoms with van der Waals surface area (Å²) in [5.74, 6) is 0.0326. The summed E-state index contributed by atoms with van der Waals surface area (Å²) in [7, 11) is 0. The number of aliphatic hydroxyl groups is 2. The summed E-state index contributed by atoms with van der Waals surface area (Å²) in [5, 5.41) is 24.5. The lowest BCUT2D eigenvalue weighted by Crippen LogP contribution is -2.61. The number of carbonyl (C=O) groups excluding carboxylic acids is 1. The van der Waals surface area contributed by atoms with Crippen LogP contribution in [-0.2, 0) is 16.0 Å². The lowest BCUT2D eigenvalue weighted by atomic mass is 9.88. The lowest BCUT2D eigenvalue weighted by molar-refractivity contribution is -0.148. The third-order valence-corrected chi connectivity index (χ3v) is 5.79. The summed E-state index contributed by atoms with van der Waals surface area (Å²) in [6, 6.07) is 9.93. The average Bonchev–Trinajstić information content (AvgIpc) is 2.73. The predicted octanol–water partition coefficient (Wildman–Crippen LogP) is -0.135. The van der Waals surface area contributed by atoms with Crippen molar-refractivity contribution >= 4 is 5.91 Å². The molecule has 7 nitrogen and oxygen atoms in total.